The van der Waals surface area contributed by atoms with Crippen LogP contribution in [0.5, 0.6) is 0 Å². The van der Waals surface area contributed by atoms with Gasteiger partial charge in [0, 0.05) is 0 Å². The Morgan fingerprint density at radius 1 is 0.667 bits per heavy atom. The molecule has 0 aliphatic heterocycles. The first-order chi connectivity index (χ1) is 10.1. The molecule has 0 bridgehead atoms. The van der Waals surface area contributed by atoms with Crippen LogP contribution >= 0.6 is 0 Å². The first-order valence-electron chi connectivity index (χ1n) is 7.22. The summed E-state index contributed by atoms with van der Waals surface area (Å²) >= 11 is 0. The molecule has 3 rings (SSSR count). The van der Waals surface area contributed by atoms with Crippen LogP contribution in [-0.4, -0.2) is 0 Å². The minimum absolute atomic E-state index is 1.06. The van der Waals surface area contributed by atoms with E-state index in [4.69, 9.17) is 0 Å². The molecule has 2 N–H and O–H groups in total. The van der Waals surface area contributed by atoms with Crippen molar-refractivity contribution in [3.8, 4) is 0 Å². The second-order valence-electron chi connectivity index (χ2n) is 5.59. The van der Waals surface area contributed by atoms with Gasteiger partial charge in [-0.05, 0) is 54.8 Å². The minimum atomic E-state index is 1.06. The predicted molar refractivity (Wildman–Crippen MR) is 91.8 cm³/mol. The van der Waals surface area contributed by atoms with Crippen molar-refractivity contribution >= 4 is 22.1 Å². The van der Waals surface area contributed by atoms with Crippen molar-refractivity contribution in [3.05, 3.63) is 71.3 Å². The monoisotopic (exact) mass is 276 g/mol. The van der Waals surface area contributed by atoms with Gasteiger partial charge in [0.2, 0.25) is 0 Å². The largest absolute Gasteiger partial charge is 0.301 e. The predicted octanol–water partition coefficient (Wildman–Crippen LogP) is 5.20. The van der Waals surface area contributed by atoms with E-state index in [-0.39, 0.29) is 0 Å². The second kappa shape index (κ2) is 5.49. The molecule has 0 aliphatic rings. The maximum absolute atomic E-state index is 3.34. The van der Waals surface area contributed by atoms with Crippen molar-refractivity contribution in [2.45, 2.75) is 20.8 Å². The number of hydrazine groups is 1. The number of anilines is 2. The molecule has 2 nitrogen and oxygen atoms in total. The van der Waals surface area contributed by atoms with Gasteiger partial charge >= 0.3 is 0 Å². The first kappa shape index (κ1) is 13.5. The van der Waals surface area contributed by atoms with Gasteiger partial charge in [0.05, 0.1) is 11.4 Å². The molecule has 0 unspecified atom stereocenters. The Balaban J connectivity index is 1.83. The SMILES string of the molecule is Cc1cc(C)c(NNc2ccc3ccccc3c2)c(C)c1. The van der Waals surface area contributed by atoms with E-state index in [9.17, 15) is 0 Å². The summed E-state index contributed by atoms with van der Waals surface area (Å²) in [4.78, 5) is 0. The van der Waals surface area contributed by atoms with Crippen molar-refractivity contribution in [2.75, 3.05) is 10.9 Å². The van der Waals surface area contributed by atoms with E-state index in [0.717, 1.165) is 11.4 Å². The van der Waals surface area contributed by atoms with Crippen LogP contribution < -0.4 is 10.9 Å². The van der Waals surface area contributed by atoms with Crippen LogP contribution in [0.2, 0.25) is 0 Å². The molecule has 2 heteroatoms. The van der Waals surface area contributed by atoms with E-state index in [1.807, 2.05) is 0 Å². The summed E-state index contributed by atoms with van der Waals surface area (Å²) in [6.45, 7) is 6.38. The van der Waals surface area contributed by atoms with Gasteiger partial charge in [0.15, 0.2) is 0 Å². The Bertz CT molecular complexity index is 767. The molecule has 0 aromatic heterocycles. The molecule has 0 saturated carbocycles. The number of aryl methyl sites for hydroxylation is 3. The molecule has 0 radical (unpaired) electrons. The van der Waals surface area contributed by atoms with Crippen molar-refractivity contribution in [1.29, 1.82) is 0 Å². The Morgan fingerprint density at radius 2 is 1.33 bits per heavy atom. The van der Waals surface area contributed by atoms with Crippen LogP contribution in [0, 0.1) is 20.8 Å². The average Bonchev–Trinajstić information content (AvgIpc) is 2.46. The van der Waals surface area contributed by atoms with Gasteiger partial charge in [-0.1, -0.05) is 48.0 Å². The van der Waals surface area contributed by atoms with Crippen LogP contribution in [-0.2, 0) is 0 Å². The smallest absolute Gasteiger partial charge is 0.0598 e. The standard InChI is InChI=1S/C19H20N2/c1-13-10-14(2)19(15(3)11-13)21-20-18-9-8-16-6-4-5-7-17(16)12-18/h4-12,20-21H,1-3H3. The van der Waals surface area contributed by atoms with Crippen molar-refractivity contribution in [1.82, 2.24) is 0 Å². The van der Waals surface area contributed by atoms with E-state index < -0.39 is 0 Å². The maximum Gasteiger partial charge on any atom is 0.0598 e. The summed E-state index contributed by atoms with van der Waals surface area (Å²) in [7, 11) is 0. The van der Waals surface area contributed by atoms with E-state index in [0.29, 0.717) is 0 Å². The van der Waals surface area contributed by atoms with Crippen molar-refractivity contribution in [3.63, 3.8) is 0 Å². The Hall–Kier alpha value is -2.48. The fourth-order valence-corrected chi connectivity index (χ4v) is 2.78. The summed E-state index contributed by atoms with van der Waals surface area (Å²) in [5, 5.41) is 2.49. The van der Waals surface area contributed by atoms with Crippen LogP contribution in [0.25, 0.3) is 10.8 Å². The summed E-state index contributed by atoms with van der Waals surface area (Å²) in [5.74, 6) is 0. The molecular weight excluding hydrogens is 256 g/mol. The second-order valence-corrected chi connectivity index (χ2v) is 5.59. The molecule has 3 aromatic rings. The Morgan fingerprint density at radius 3 is 2.05 bits per heavy atom. The van der Waals surface area contributed by atoms with E-state index in [1.165, 1.54) is 27.5 Å². The van der Waals surface area contributed by atoms with Gasteiger partial charge in [0.25, 0.3) is 0 Å². The number of hydrogen-bond donors (Lipinski definition) is 2. The molecule has 3 aromatic carbocycles. The maximum atomic E-state index is 3.34. The van der Waals surface area contributed by atoms with Gasteiger partial charge in [0.1, 0.15) is 0 Å². The van der Waals surface area contributed by atoms with Gasteiger partial charge in [-0.15, -0.1) is 0 Å². The highest BCUT2D eigenvalue weighted by molar-refractivity contribution is 5.85. The third kappa shape index (κ3) is 2.84. The quantitative estimate of drug-likeness (QED) is 0.642. The molecule has 0 aliphatic carbocycles. The van der Waals surface area contributed by atoms with Crippen LogP contribution in [0.1, 0.15) is 16.7 Å². The highest BCUT2D eigenvalue weighted by Gasteiger charge is 2.03. The number of hydrogen-bond acceptors (Lipinski definition) is 2. The fraction of sp³-hybridized carbons (Fsp3) is 0.158. The highest BCUT2D eigenvalue weighted by atomic mass is 15.4. The molecule has 106 valence electrons. The van der Waals surface area contributed by atoms with Gasteiger partial charge in [-0.2, -0.15) is 0 Å². The number of fused-ring (bicyclic) bond motifs is 1. The van der Waals surface area contributed by atoms with Crippen LogP contribution in [0.4, 0.5) is 11.4 Å². The van der Waals surface area contributed by atoms with Crippen molar-refractivity contribution < 1.29 is 0 Å². The lowest BCUT2D eigenvalue weighted by atomic mass is 10.1. The molecule has 21 heavy (non-hydrogen) atoms. The van der Waals surface area contributed by atoms with Gasteiger partial charge in [-0.3, -0.25) is 0 Å². The molecule has 0 heterocycles. The zero-order valence-electron chi connectivity index (χ0n) is 12.7. The Kier molecular flexibility index (Phi) is 3.53. The molecule has 0 spiro atoms. The zero-order chi connectivity index (χ0) is 14.8. The van der Waals surface area contributed by atoms with E-state index >= 15 is 0 Å². The third-order valence-electron chi connectivity index (χ3n) is 3.76. The normalized spacial score (nSPS) is 10.6. The van der Waals surface area contributed by atoms with Gasteiger partial charge in [-0.25, -0.2) is 0 Å². The fourth-order valence-electron chi connectivity index (χ4n) is 2.78. The third-order valence-corrected chi connectivity index (χ3v) is 3.76. The van der Waals surface area contributed by atoms with E-state index in [1.54, 1.807) is 0 Å². The molecule has 0 fully saturated rings. The van der Waals surface area contributed by atoms with Crippen LogP contribution in [0.15, 0.2) is 54.6 Å². The number of nitrogens with one attached hydrogen (secondary N) is 2. The summed E-state index contributed by atoms with van der Waals surface area (Å²) in [5.41, 5.74) is 12.6. The van der Waals surface area contributed by atoms with E-state index in [2.05, 4.69) is 86.2 Å². The first-order valence-corrected chi connectivity index (χ1v) is 7.22. The average molecular weight is 276 g/mol. The molecule has 0 atom stereocenters. The van der Waals surface area contributed by atoms with Crippen molar-refractivity contribution in [2.24, 2.45) is 0 Å². The zero-order valence-corrected chi connectivity index (χ0v) is 12.7. The topological polar surface area (TPSA) is 24.1 Å². The minimum Gasteiger partial charge on any atom is -0.301 e. The number of rotatable bonds is 3. The lowest BCUT2D eigenvalue weighted by molar-refractivity contribution is 1.28. The summed E-state index contributed by atoms with van der Waals surface area (Å²) < 4.78 is 0. The molecule has 0 saturated heterocycles. The summed E-state index contributed by atoms with van der Waals surface area (Å²) in [6, 6.07) is 19.1. The molecular formula is C19H20N2. The molecule has 0 amide bonds. The van der Waals surface area contributed by atoms with Gasteiger partial charge < -0.3 is 10.9 Å². The summed E-state index contributed by atoms with van der Waals surface area (Å²) in [6.07, 6.45) is 0. The Labute approximate surface area is 125 Å². The lowest BCUT2D eigenvalue weighted by Gasteiger charge is -2.16. The lowest BCUT2D eigenvalue weighted by Crippen LogP contribution is -2.11. The highest BCUT2D eigenvalue weighted by Crippen LogP contribution is 2.23. The van der Waals surface area contributed by atoms with Crippen LogP contribution in [0.3, 0.4) is 0 Å². The number of benzene rings is 3.